The predicted molar refractivity (Wildman–Crippen MR) is 494 cm³/mol. The van der Waals surface area contributed by atoms with Crippen LogP contribution in [0.5, 0.6) is 5.75 Å². The number of aliphatic hydroxyl groups is 1. The molecule has 0 radical (unpaired) electrons. The second-order valence-corrected chi connectivity index (χ2v) is 35.7. The van der Waals surface area contributed by atoms with E-state index in [1.807, 2.05) is 32.0 Å². The molecule has 0 aliphatic carbocycles. The molecule has 44 nitrogen and oxygen atoms in total. The predicted octanol–water partition coefficient (Wildman–Crippen LogP) is -1.63. The molecular weight excluding hydrogens is 1770 g/mol. The summed E-state index contributed by atoms with van der Waals surface area (Å²) in [6.07, 6.45) is 4.46. The Labute approximate surface area is 781 Å². The average Bonchev–Trinajstić information content (AvgIpc) is 1.54. The summed E-state index contributed by atoms with van der Waals surface area (Å²) in [7, 11) is 4.01. The van der Waals surface area contributed by atoms with Crippen molar-refractivity contribution in [2.24, 2.45) is 23.1 Å². The Morgan fingerprint density at radius 3 is 1.90 bits per heavy atom. The van der Waals surface area contributed by atoms with Crippen LogP contribution < -0.4 is 75.7 Å². The number of amides is 16. The number of thiophene rings is 1. The molecule has 22 N–H and O–H groups in total. The van der Waals surface area contributed by atoms with Crippen molar-refractivity contribution in [3.63, 3.8) is 0 Å². The zero-order chi connectivity index (χ0) is 97.6. The Bertz CT molecular complexity index is 5300. The number of aliphatic hydroxyl groups excluding tert-OH is 1. The van der Waals surface area contributed by atoms with E-state index in [4.69, 9.17) is 22.6 Å². The number of unbranched alkanes of at least 4 members (excludes halogenated alkanes) is 2. The van der Waals surface area contributed by atoms with Crippen molar-refractivity contribution < 1.29 is 86.9 Å². The number of imidazole rings is 1. The number of phenols is 1. The van der Waals surface area contributed by atoms with Gasteiger partial charge in [0, 0.05) is 99.4 Å². The Hall–Kier alpha value is -13.7. The van der Waals surface area contributed by atoms with Crippen molar-refractivity contribution in [1.29, 1.82) is 5.41 Å². The number of thioether (sulfide) groups is 1. The fourth-order valence-corrected chi connectivity index (χ4v) is 17.7. The van der Waals surface area contributed by atoms with E-state index in [2.05, 4.69) is 89.0 Å². The number of primary amides is 2. The molecule has 2 aliphatic rings. The highest BCUT2D eigenvalue weighted by Crippen LogP contribution is 2.30. The number of nitrogens with two attached hydrogens (primary N) is 3. The number of nitrogens with one attached hydrogen (secondary N) is 14. The molecule has 1 fully saturated rings. The van der Waals surface area contributed by atoms with Crippen LogP contribution in [0.15, 0.2) is 96.9 Å². The molecule has 13 atom stereocenters. The second-order valence-electron chi connectivity index (χ2n) is 33.8. The number of H-pyrrole nitrogens is 2. The lowest BCUT2D eigenvalue weighted by Gasteiger charge is -2.36. The summed E-state index contributed by atoms with van der Waals surface area (Å²) in [6.45, 7) is 5.97. The van der Waals surface area contributed by atoms with Gasteiger partial charge >= 0.3 is 0 Å². The standard InChI is InChI=1S/C88H122N26O18S2/c1-9-11-23-67-82(127)100-58(22-17-31-94-88(91)92)78(123)106-66(77(122)96-41-72(90)118)45-133-46-74(120)98-59(34-50-27-29-54(116)30-28-50)75-107-108-109-114(75)49(5)76(121)102-64(38-71(89)117)86(131)113-32-18-25-68(113)83(128)101-61(37-53-40-93-47-97-53)80(125)103-62(33-48(3)4)84(129)110(6)42-73(119)99-60(35-51-39-95-57-21-15-13-19-55(51)57)79(124)105-65(43-115)81(126)104-63(36-52-44-134-70-26-16-14-20-56(52)70)85(130)112(8)69(24-12-10-2)87(132)111(67)7/h13-16,19-21,26-30,39-40,44,47-49,58-69,95,115-116H,9-12,17-18,22-25,31-38,41-43,45-46H2,1-8H3,(H2,89,117)(H2,90,118)(H,93,97)(H,96,122)(H,98,120)(H,99,119)(H,100,127)(H,101,128)(H,102,121)(H,103,125)(H,104,126)(H,105,124)(H,106,123)(H4,91,92,94)/t49-,58-,59-,60-,61-,62-,63-,64-,65-,66-,67-,68-,69-/m0/s1. The highest BCUT2D eigenvalue weighted by Gasteiger charge is 2.44. The van der Waals surface area contributed by atoms with E-state index >= 15 is 24.0 Å². The molecule has 0 spiro atoms. The molecule has 724 valence electrons. The highest BCUT2D eigenvalue weighted by atomic mass is 32.2. The quantitative estimate of drug-likeness (QED) is 0.0164. The summed E-state index contributed by atoms with van der Waals surface area (Å²) in [6, 6.07) is 0.685. The number of hydrogen-bond donors (Lipinski definition) is 19. The third kappa shape index (κ3) is 29.4. The zero-order valence-corrected chi connectivity index (χ0v) is 77.7. The number of tetrazole rings is 1. The number of benzene rings is 3. The molecule has 0 saturated carbocycles. The highest BCUT2D eigenvalue weighted by molar-refractivity contribution is 8.00. The van der Waals surface area contributed by atoms with Crippen LogP contribution in [0.25, 0.3) is 21.0 Å². The van der Waals surface area contributed by atoms with Crippen LogP contribution in [0.4, 0.5) is 0 Å². The number of hydrogen-bond acceptors (Lipinski definition) is 25. The first kappa shape index (κ1) is 104. The minimum atomic E-state index is -1.84. The molecule has 0 unspecified atom stereocenters. The van der Waals surface area contributed by atoms with Gasteiger partial charge in [-0.3, -0.25) is 82.1 Å². The summed E-state index contributed by atoms with van der Waals surface area (Å²) in [4.78, 5) is 249. The first-order chi connectivity index (χ1) is 64.0. The molecule has 16 amide bonds. The first-order valence-corrected chi connectivity index (χ1v) is 46.4. The van der Waals surface area contributed by atoms with Gasteiger partial charge in [0.2, 0.25) is 94.5 Å². The van der Waals surface area contributed by atoms with E-state index in [9.17, 15) is 63.0 Å². The van der Waals surface area contributed by atoms with Gasteiger partial charge in [0.25, 0.3) is 0 Å². The average molecular weight is 1900 g/mol. The molecule has 4 aromatic heterocycles. The van der Waals surface area contributed by atoms with Gasteiger partial charge in [-0.15, -0.1) is 28.2 Å². The summed E-state index contributed by atoms with van der Waals surface area (Å²) in [5, 5.41) is 74.0. The smallest absolute Gasteiger partial charge is 0.246 e. The largest absolute Gasteiger partial charge is 0.508 e. The number of aromatic hydroxyl groups is 1. The van der Waals surface area contributed by atoms with Crippen molar-refractivity contribution >= 4 is 145 Å². The summed E-state index contributed by atoms with van der Waals surface area (Å²) in [5.41, 5.74) is 19.5. The van der Waals surface area contributed by atoms with E-state index in [0.29, 0.717) is 59.0 Å². The third-order valence-corrected chi connectivity index (χ3v) is 25.1. The molecule has 6 heterocycles. The number of fused-ring (bicyclic) bond motifs is 4. The van der Waals surface area contributed by atoms with Crippen LogP contribution in [-0.2, 0) is 102 Å². The minimum absolute atomic E-state index is 0.000330. The van der Waals surface area contributed by atoms with Gasteiger partial charge in [-0.05, 0) is 120 Å². The molecule has 46 heteroatoms. The third-order valence-electron chi connectivity index (χ3n) is 23.1. The monoisotopic (exact) mass is 1890 g/mol. The van der Waals surface area contributed by atoms with Crippen molar-refractivity contribution in [3.8, 4) is 5.75 Å². The fraction of sp³-hybridized carbons (Fsp3) is 0.511. The molecule has 1 saturated heterocycles. The van der Waals surface area contributed by atoms with E-state index in [-0.39, 0.29) is 101 Å². The van der Waals surface area contributed by atoms with Crippen molar-refractivity contribution in [2.75, 3.05) is 65.4 Å². The number of carbonyl (C=O) groups is 16. The Morgan fingerprint density at radius 1 is 0.604 bits per heavy atom. The SMILES string of the molecule is CCCC[C@H]1C(=O)N(C)[C@@H](CCCC)C(=O)N[C@@H](CCCNC(=N)N)C(=O)N[C@H](C(=O)NCC(N)=O)CSCC(=O)N[C@@H](Cc2ccc(O)cc2)c2nnnn2[C@@H](C)C(=O)N[C@@H](CC(N)=O)C(=O)N2CCC[C@H]2C(=O)N[C@@H](Cc2cnc[nH]2)C(=O)N[C@@H](CC(C)C)C(=O)N(C)CC(=O)N[C@@H](Cc2c[nH]c3ccccc23)C(=O)N[C@@H](CO)C(=O)N[C@@H](Cc2csc3ccccc23)C(=O)N1C. The van der Waals surface area contributed by atoms with E-state index in [1.54, 1.807) is 55.8 Å². The number of aromatic nitrogens is 7. The maximum absolute atomic E-state index is 15.7. The van der Waals surface area contributed by atoms with E-state index in [0.717, 1.165) is 41.2 Å². The molecule has 0 bridgehead atoms. The summed E-state index contributed by atoms with van der Waals surface area (Å²) < 4.78 is 1.86. The Balaban J connectivity index is 1.09. The number of phenolic OH excluding ortho intramolecular Hbond substituents is 1. The number of guanidine groups is 1. The molecule has 3 aromatic carbocycles. The van der Waals surface area contributed by atoms with Crippen LogP contribution in [0.2, 0.25) is 0 Å². The van der Waals surface area contributed by atoms with Crippen LogP contribution in [0, 0.1) is 11.3 Å². The minimum Gasteiger partial charge on any atom is -0.508 e. The van der Waals surface area contributed by atoms with Crippen molar-refractivity contribution in [1.82, 2.24) is 113 Å². The van der Waals surface area contributed by atoms with Crippen molar-refractivity contribution in [3.05, 3.63) is 125 Å². The van der Waals surface area contributed by atoms with Gasteiger partial charge in [-0.1, -0.05) is 102 Å². The number of aromatic amines is 2. The lowest BCUT2D eigenvalue weighted by atomic mass is 10.00. The van der Waals surface area contributed by atoms with Gasteiger partial charge in [0.15, 0.2) is 11.8 Å². The fourth-order valence-electron chi connectivity index (χ4n) is 15.9. The number of rotatable bonds is 26. The molecule has 9 rings (SSSR count). The van der Waals surface area contributed by atoms with E-state index < -0.39 is 217 Å². The number of nitrogens with zero attached hydrogens (tertiary/aromatic N) is 9. The molecule has 7 aromatic rings. The topological polar surface area (TPSA) is 649 Å². The normalized spacial score (nSPS) is 23.1. The van der Waals surface area contributed by atoms with Gasteiger partial charge in [-0.2, -0.15) is 0 Å². The first-order valence-electron chi connectivity index (χ1n) is 44.4. The van der Waals surface area contributed by atoms with Crippen LogP contribution in [-0.4, -0.2) is 297 Å². The number of carbonyl (C=O) groups excluding carboxylic acids is 16. The zero-order valence-electron chi connectivity index (χ0n) is 76.1. The number of likely N-dealkylation sites (N-methyl/N-ethyl adjacent to an activating group) is 3. The summed E-state index contributed by atoms with van der Waals surface area (Å²) in [5.74, 6) is -16.4. The van der Waals surface area contributed by atoms with Crippen LogP contribution >= 0.6 is 23.1 Å². The van der Waals surface area contributed by atoms with Crippen molar-refractivity contribution in [2.45, 2.75) is 216 Å². The van der Waals surface area contributed by atoms with Crippen LogP contribution in [0.1, 0.15) is 152 Å². The molecule has 2 aliphatic heterocycles. The number of para-hydroxylation sites is 1. The maximum Gasteiger partial charge on any atom is 0.246 e. The Kier molecular flexibility index (Phi) is 39.0. The molecule has 134 heavy (non-hydrogen) atoms. The molecular formula is C88H122N26O18S2. The van der Waals surface area contributed by atoms with Gasteiger partial charge in [0.05, 0.1) is 44.2 Å². The lowest BCUT2D eigenvalue weighted by molar-refractivity contribution is -0.149. The Morgan fingerprint density at radius 2 is 1.22 bits per heavy atom. The van der Waals surface area contributed by atoms with E-state index in [1.165, 1.54) is 81.1 Å². The maximum atomic E-state index is 15.7. The van der Waals surface area contributed by atoms with Gasteiger partial charge in [-0.25, -0.2) is 9.67 Å². The van der Waals surface area contributed by atoms with Gasteiger partial charge in [0.1, 0.15) is 78.3 Å². The lowest BCUT2D eigenvalue weighted by Crippen LogP contribution is -2.61. The van der Waals surface area contributed by atoms with Gasteiger partial charge < -0.3 is 115 Å². The van der Waals surface area contributed by atoms with Crippen LogP contribution in [0.3, 0.4) is 0 Å². The second kappa shape index (κ2) is 50.3. The summed E-state index contributed by atoms with van der Waals surface area (Å²) >= 11 is 2.17.